The molecule has 0 atom stereocenters. The lowest BCUT2D eigenvalue weighted by Gasteiger charge is -2.11. The molecule has 0 aliphatic rings. The molecule has 38 heavy (non-hydrogen) atoms. The maximum atomic E-state index is 13.9. The molecular weight excluding hydrogens is 512 g/mol. The van der Waals surface area contributed by atoms with Crippen LogP contribution in [0.3, 0.4) is 0 Å². The number of aromatic amines is 1. The number of aliphatic hydroxyl groups is 1. The average Bonchev–Trinajstić information content (AvgIpc) is 2.90. The first-order valence-corrected chi connectivity index (χ1v) is 10.8. The summed E-state index contributed by atoms with van der Waals surface area (Å²) in [6, 6.07) is 7.13. The molecule has 13 heteroatoms. The summed E-state index contributed by atoms with van der Waals surface area (Å²) in [5.74, 6) is -2.80. The Kier molecular flexibility index (Phi) is 9.99. The predicted molar refractivity (Wildman–Crippen MR) is 127 cm³/mol. The van der Waals surface area contributed by atoms with Crippen molar-refractivity contribution < 1.29 is 36.9 Å². The molecule has 0 saturated carbocycles. The van der Waals surface area contributed by atoms with E-state index >= 15 is 0 Å². The minimum absolute atomic E-state index is 0.00238. The zero-order valence-corrected chi connectivity index (χ0v) is 20.2. The Balaban J connectivity index is 0.000000215. The Hall–Kier alpha value is -4.20. The van der Waals surface area contributed by atoms with Crippen molar-refractivity contribution in [1.29, 1.82) is 0 Å². The number of aliphatic hydroxyl groups excluding tert-OH is 1. The van der Waals surface area contributed by atoms with Crippen LogP contribution in [0.25, 0.3) is 22.5 Å². The van der Waals surface area contributed by atoms with E-state index in [1.165, 1.54) is 26.4 Å². The number of nitrogens with one attached hydrogen (secondary N) is 1. The van der Waals surface area contributed by atoms with Crippen molar-refractivity contribution in [3.63, 3.8) is 0 Å². The van der Waals surface area contributed by atoms with E-state index in [0.29, 0.717) is 23.2 Å². The van der Waals surface area contributed by atoms with Crippen LogP contribution in [0.1, 0.15) is 11.4 Å². The smallest absolute Gasteiger partial charge is 0.248 e. The third-order valence-electron chi connectivity index (χ3n) is 4.88. The fourth-order valence-electron chi connectivity index (χ4n) is 3.23. The molecule has 0 unspecified atom stereocenters. The zero-order chi connectivity index (χ0) is 27.7. The van der Waals surface area contributed by atoms with Gasteiger partial charge in [0.25, 0.3) is 0 Å². The summed E-state index contributed by atoms with van der Waals surface area (Å²) < 4.78 is 68.0. The number of rotatable bonds is 8. The van der Waals surface area contributed by atoms with E-state index in [9.17, 15) is 22.4 Å². The number of ether oxygens (including phenoxy) is 3. The van der Waals surface area contributed by atoms with Crippen LogP contribution in [0.2, 0.25) is 0 Å². The standard InChI is InChI=1S/C14H14F2N2O3.C11H8F2N2O2/c1-19-8-21-7-12-10(3-4-13(18-12)20-2)14-11(16)5-9(15)6-17-14;12-6-3-8(13)11(14-4-6)7-1-2-10(17)15-9(7)5-16/h3-6H,7-8H2,1-2H3;1-4,16H,5H2,(H,15,17). The van der Waals surface area contributed by atoms with Gasteiger partial charge < -0.3 is 24.3 Å². The molecule has 0 radical (unpaired) electrons. The summed E-state index contributed by atoms with van der Waals surface area (Å²) in [5.41, 5.74) is 0.656. The van der Waals surface area contributed by atoms with Gasteiger partial charge in [-0.3, -0.25) is 14.8 Å². The topological polar surface area (TPSA) is 119 Å². The Morgan fingerprint density at radius 2 is 1.50 bits per heavy atom. The Morgan fingerprint density at radius 1 is 0.895 bits per heavy atom. The SMILES string of the molecule is COCOCc1nc(OC)ccc1-c1ncc(F)cc1F.O=c1ccc(-c2ncc(F)cc2F)c(CO)[nH]1. The third kappa shape index (κ3) is 7.18. The summed E-state index contributed by atoms with van der Waals surface area (Å²) in [6.07, 6.45) is 1.81. The molecule has 0 spiro atoms. The fraction of sp³-hybridized carbons (Fsp3) is 0.200. The number of methoxy groups -OCH3 is 2. The van der Waals surface area contributed by atoms with Gasteiger partial charge in [-0.1, -0.05) is 0 Å². The summed E-state index contributed by atoms with van der Waals surface area (Å²) in [6.45, 7) is -0.319. The molecule has 0 saturated heterocycles. The molecule has 200 valence electrons. The van der Waals surface area contributed by atoms with Gasteiger partial charge >= 0.3 is 0 Å². The molecule has 4 aromatic rings. The quantitative estimate of drug-likeness (QED) is 0.199. The van der Waals surface area contributed by atoms with Crippen LogP contribution in [0.5, 0.6) is 5.88 Å². The summed E-state index contributed by atoms with van der Waals surface area (Å²) in [4.78, 5) is 25.0. The van der Waals surface area contributed by atoms with Crippen molar-refractivity contribution in [2.45, 2.75) is 13.2 Å². The van der Waals surface area contributed by atoms with E-state index in [1.807, 2.05) is 0 Å². The number of aromatic nitrogens is 4. The van der Waals surface area contributed by atoms with Gasteiger partial charge in [0.1, 0.15) is 29.8 Å². The van der Waals surface area contributed by atoms with Crippen molar-refractivity contribution >= 4 is 0 Å². The zero-order valence-electron chi connectivity index (χ0n) is 20.2. The summed E-state index contributed by atoms with van der Waals surface area (Å²) in [5, 5.41) is 9.06. The lowest BCUT2D eigenvalue weighted by Crippen LogP contribution is -2.09. The van der Waals surface area contributed by atoms with Gasteiger partial charge in [0.15, 0.2) is 11.6 Å². The highest BCUT2D eigenvalue weighted by atomic mass is 19.1. The van der Waals surface area contributed by atoms with Gasteiger partial charge in [-0.15, -0.1) is 0 Å². The van der Waals surface area contributed by atoms with Crippen molar-refractivity contribution in [2.75, 3.05) is 21.0 Å². The molecule has 2 N–H and O–H groups in total. The molecule has 0 bridgehead atoms. The largest absolute Gasteiger partial charge is 0.481 e. The van der Waals surface area contributed by atoms with Crippen LogP contribution in [0.15, 0.2) is 53.6 Å². The lowest BCUT2D eigenvalue weighted by atomic mass is 10.1. The highest BCUT2D eigenvalue weighted by Crippen LogP contribution is 2.26. The van der Waals surface area contributed by atoms with Gasteiger partial charge in [-0.25, -0.2) is 22.5 Å². The Labute approximate surface area is 213 Å². The van der Waals surface area contributed by atoms with E-state index in [0.717, 1.165) is 18.5 Å². The number of pyridine rings is 4. The Bertz CT molecular complexity index is 1450. The third-order valence-corrected chi connectivity index (χ3v) is 4.88. The number of hydrogen-bond acceptors (Lipinski definition) is 8. The van der Waals surface area contributed by atoms with E-state index in [4.69, 9.17) is 19.3 Å². The minimum atomic E-state index is -0.855. The first-order chi connectivity index (χ1) is 18.3. The lowest BCUT2D eigenvalue weighted by molar-refractivity contribution is -0.0400. The molecular formula is C25H22F4N4O5. The van der Waals surface area contributed by atoms with Gasteiger partial charge in [0.2, 0.25) is 11.4 Å². The molecule has 4 heterocycles. The second-order valence-electron chi connectivity index (χ2n) is 7.44. The van der Waals surface area contributed by atoms with Crippen LogP contribution in [-0.4, -0.2) is 46.1 Å². The van der Waals surface area contributed by atoms with Gasteiger partial charge in [-0.05, 0) is 12.1 Å². The van der Waals surface area contributed by atoms with E-state index in [1.54, 1.807) is 12.1 Å². The molecule has 0 aliphatic heterocycles. The highest BCUT2D eigenvalue weighted by molar-refractivity contribution is 5.63. The Morgan fingerprint density at radius 3 is 2.05 bits per heavy atom. The highest BCUT2D eigenvalue weighted by Gasteiger charge is 2.15. The molecule has 0 amide bonds. The first kappa shape index (κ1) is 28.4. The average molecular weight is 534 g/mol. The molecule has 0 aromatic carbocycles. The molecule has 9 nitrogen and oxygen atoms in total. The van der Waals surface area contributed by atoms with Crippen molar-refractivity contribution in [3.8, 4) is 28.4 Å². The maximum absolute atomic E-state index is 13.9. The second-order valence-corrected chi connectivity index (χ2v) is 7.44. The van der Waals surface area contributed by atoms with E-state index < -0.39 is 35.4 Å². The van der Waals surface area contributed by atoms with Crippen molar-refractivity contribution in [3.05, 3.63) is 93.8 Å². The number of H-pyrrole nitrogens is 1. The molecule has 4 rings (SSSR count). The second kappa shape index (κ2) is 13.4. The predicted octanol–water partition coefficient (Wildman–Crippen LogP) is 3.76. The minimum Gasteiger partial charge on any atom is -0.481 e. The van der Waals surface area contributed by atoms with Crippen molar-refractivity contribution in [2.24, 2.45) is 0 Å². The number of halogens is 4. The monoisotopic (exact) mass is 534 g/mol. The normalized spacial score (nSPS) is 10.6. The van der Waals surface area contributed by atoms with Crippen molar-refractivity contribution in [1.82, 2.24) is 19.9 Å². The number of hydrogen-bond donors (Lipinski definition) is 2. The van der Waals surface area contributed by atoms with Crippen LogP contribution < -0.4 is 10.3 Å². The summed E-state index contributed by atoms with van der Waals surface area (Å²) >= 11 is 0. The molecule has 0 aliphatic carbocycles. The van der Waals surface area contributed by atoms with Crippen LogP contribution in [0.4, 0.5) is 17.6 Å². The molecule has 0 fully saturated rings. The fourth-order valence-corrected chi connectivity index (χ4v) is 3.23. The van der Waals surface area contributed by atoms with Crippen LogP contribution in [-0.2, 0) is 22.7 Å². The first-order valence-electron chi connectivity index (χ1n) is 10.8. The van der Waals surface area contributed by atoms with Gasteiger partial charge in [0.05, 0.1) is 44.1 Å². The van der Waals surface area contributed by atoms with Gasteiger partial charge in [0, 0.05) is 42.5 Å². The maximum Gasteiger partial charge on any atom is 0.248 e. The van der Waals surface area contributed by atoms with Gasteiger partial charge in [-0.2, -0.15) is 0 Å². The molecule has 4 aromatic heterocycles. The van der Waals surface area contributed by atoms with E-state index in [-0.39, 0.29) is 36.0 Å². The van der Waals surface area contributed by atoms with Crippen LogP contribution >= 0.6 is 0 Å². The van der Waals surface area contributed by atoms with E-state index in [2.05, 4.69) is 19.9 Å². The number of nitrogens with zero attached hydrogens (tertiary/aromatic N) is 3. The summed E-state index contributed by atoms with van der Waals surface area (Å²) in [7, 11) is 2.96. The van der Waals surface area contributed by atoms with Crippen LogP contribution in [0, 0.1) is 23.3 Å².